The molecule has 112 valence electrons. The molecule has 0 aromatic carbocycles. The van der Waals surface area contributed by atoms with Crippen molar-refractivity contribution < 1.29 is 5.11 Å². The summed E-state index contributed by atoms with van der Waals surface area (Å²) in [5, 5.41) is 13.3. The van der Waals surface area contributed by atoms with Gasteiger partial charge in [0.1, 0.15) is 5.82 Å². The van der Waals surface area contributed by atoms with Crippen LogP contribution in [0.5, 0.6) is 0 Å². The maximum atomic E-state index is 9.96. The molecule has 20 heavy (non-hydrogen) atoms. The van der Waals surface area contributed by atoms with Crippen LogP contribution < -0.4 is 10.2 Å². The Hall–Kier alpha value is -1.33. The van der Waals surface area contributed by atoms with Crippen molar-refractivity contribution >= 4 is 11.5 Å². The number of aliphatic hydroxyl groups excluding tert-OH is 1. The third kappa shape index (κ3) is 3.84. The summed E-state index contributed by atoms with van der Waals surface area (Å²) in [5.41, 5.74) is 1.14. The molecule has 0 amide bonds. The molecule has 0 aliphatic carbocycles. The van der Waals surface area contributed by atoms with Crippen LogP contribution in [0, 0.1) is 0 Å². The Morgan fingerprint density at radius 1 is 1.50 bits per heavy atom. The second-order valence-corrected chi connectivity index (χ2v) is 5.78. The summed E-state index contributed by atoms with van der Waals surface area (Å²) < 4.78 is 0. The molecule has 2 atom stereocenters. The highest BCUT2D eigenvalue weighted by Crippen LogP contribution is 2.27. The molecule has 1 fully saturated rings. The Labute approximate surface area is 121 Å². The van der Waals surface area contributed by atoms with E-state index < -0.39 is 0 Å². The molecular weight excluding hydrogens is 252 g/mol. The molecule has 2 unspecified atom stereocenters. The monoisotopic (exact) mass is 278 g/mol. The first-order valence-electron chi connectivity index (χ1n) is 7.39. The van der Waals surface area contributed by atoms with Gasteiger partial charge in [-0.1, -0.05) is 6.92 Å². The lowest BCUT2D eigenvalue weighted by Crippen LogP contribution is -2.37. The summed E-state index contributed by atoms with van der Waals surface area (Å²) in [6.07, 6.45) is 3.51. The summed E-state index contributed by atoms with van der Waals surface area (Å²) in [7, 11) is 4.15. The van der Waals surface area contributed by atoms with Crippen LogP contribution in [0.25, 0.3) is 0 Å². The molecule has 1 saturated heterocycles. The van der Waals surface area contributed by atoms with E-state index in [0.29, 0.717) is 12.6 Å². The lowest BCUT2D eigenvalue weighted by Gasteiger charge is -2.28. The van der Waals surface area contributed by atoms with Gasteiger partial charge in [-0.2, -0.15) is 0 Å². The van der Waals surface area contributed by atoms with Gasteiger partial charge in [0, 0.05) is 43.6 Å². The van der Waals surface area contributed by atoms with E-state index in [4.69, 9.17) is 0 Å². The fourth-order valence-corrected chi connectivity index (χ4v) is 2.75. The van der Waals surface area contributed by atoms with Crippen molar-refractivity contribution in [1.29, 1.82) is 0 Å². The highest BCUT2D eigenvalue weighted by molar-refractivity contribution is 5.55. The Morgan fingerprint density at radius 3 is 3.00 bits per heavy atom. The van der Waals surface area contributed by atoms with Crippen molar-refractivity contribution in [3.63, 3.8) is 0 Å². The number of hydrogen-bond acceptors (Lipinski definition) is 5. The minimum atomic E-state index is -0.236. The molecule has 0 bridgehead atoms. The van der Waals surface area contributed by atoms with Crippen LogP contribution in [-0.2, 0) is 0 Å². The predicted molar refractivity (Wildman–Crippen MR) is 83.3 cm³/mol. The van der Waals surface area contributed by atoms with E-state index in [-0.39, 0.29) is 6.10 Å². The van der Waals surface area contributed by atoms with Gasteiger partial charge in [-0.3, -0.25) is 0 Å². The van der Waals surface area contributed by atoms with Crippen molar-refractivity contribution in [3.05, 3.63) is 18.3 Å². The lowest BCUT2D eigenvalue weighted by molar-refractivity contribution is 0.191. The number of hydrogen-bond donors (Lipinski definition) is 2. The van der Waals surface area contributed by atoms with Crippen molar-refractivity contribution in [1.82, 2.24) is 9.88 Å². The SMILES string of the molecule is CCCNc1cc(N2CC(O)CC2CN(C)C)ccn1. The number of nitrogens with zero attached hydrogens (tertiary/aromatic N) is 3. The van der Waals surface area contributed by atoms with E-state index in [1.807, 2.05) is 12.3 Å². The van der Waals surface area contributed by atoms with Gasteiger partial charge >= 0.3 is 0 Å². The lowest BCUT2D eigenvalue weighted by atomic mass is 10.2. The molecule has 0 spiro atoms. The van der Waals surface area contributed by atoms with Crippen molar-refractivity contribution in [3.8, 4) is 0 Å². The summed E-state index contributed by atoms with van der Waals surface area (Å²) >= 11 is 0. The van der Waals surface area contributed by atoms with E-state index in [1.54, 1.807) is 0 Å². The number of aliphatic hydroxyl groups is 1. The van der Waals surface area contributed by atoms with E-state index >= 15 is 0 Å². The van der Waals surface area contributed by atoms with Gasteiger partial charge in [0.05, 0.1) is 6.10 Å². The fourth-order valence-electron chi connectivity index (χ4n) is 2.75. The van der Waals surface area contributed by atoms with Gasteiger partial charge < -0.3 is 20.2 Å². The van der Waals surface area contributed by atoms with Gasteiger partial charge in [-0.25, -0.2) is 4.98 Å². The van der Waals surface area contributed by atoms with E-state index in [1.165, 1.54) is 0 Å². The van der Waals surface area contributed by atoms with Gasteiger partial charge in [-0.05, 0) is 33.0 Å². The molecule has 2 N–H and O–H groups in total. The first-order valence-corrected chi connectivity index (χ1v) is 7.39. The fraction of sp³-hybridized carbons (Fsp3) is 0.667. The summed E-state index contributed by atoms with van der Waals surface area (Å²) in [6, 6.07) is 4.47. The van der Waals surface area contributed by atoms with Gasteiger partial charge in [-0.15, -0.1) is 0 Å². The number of rotatable bonds is 6. The van der Waals surface area contributed by atoms with Crippen molar-refractivity contribution in [2.75, 3.05) is 43.9 Å². The molecule has 5 nitrogen and oxygen atoms in total. The van der Waals surface area contributed by atoms with Crippen LogP contribution in [-0.4, -0.2) is 60.9 Å². The quantitative estimate of drug-likeness (QED) is 0.824. The van der Waals surface area contributed by atoms with Crippen LogP contribution in [0.3, 0.4) is 0 Å². The molecular formula is C15H26N4O. The summed E-state index contributed by atoms with van der Waals surface area (Å²) in [5.74, 6) is 0.911. The third-order valence-electron chi connectivity index (χ3n) is 3.60. The minimum Gasteiger partial charge on any atom is -0.391 e. The van der Waals surface area contributed by atoms with Crippen LogP contribution in [0.15, 0.2) is 18.3 Å². The normalized spacial score (nSPS) is 22.6. The number of anilines is 2. The van der Waals surface area contributed by atoms with Crippen LogP contribution in [0.4, 0.5) is 11.5 Å². The highest BCUT2D eigenvalue weighted by Gasteiger charge is 2.31. The topological polar surface area (TPSA) is 51.6 Å². The molecule has 1 aliphatic rings. The molecule has 2 heterocycles. The predicted octanol–water partition coefficient (Wildman–Crippen LogP) is 1.40. The number of likely N-dealkylation sites (N-methyl/N-ethyl adjacent to an activating group) is 1. The maximum absolute atomic E-state index is 9.96. The molecule has 0 radical (unpaired) electrons. The van der Waals surface area contributed by atoms with Crippen LogP contribution in [0.2, 0.25) is 0 Å². The molecule has 1 aliphatic heterocycles. The van der Waals surface area contributed by atoms with Crippen molar-refractivity contribution in [2.24, 2.45) is 0 Å². The van der Waals surface area contributed by atoms with Crippen LogP contribution in [0.1, 0.15) is 19.8 Å². The zero-order valence-electron chi connectivity index (χ0n) is 12.7. The van der Waals surface area contributed by atoms with E-state index in [9.17, 15) is 5.11 Å². The Kier molecular flexibility index (Phi) is 5.20. The third-order valence-corrected chi connectivity index (χ3v) is 3.60. The zero-order valence-corrected chi connectivity index (χ0v) is 12.7. The first kappa shape index (κ1) is 15.1. The molecule has 1 aromatic heterocycles. The number of β-amino-alcohol motifs (C(OH)–C–C–N with tert-alkyl or cyclic N) is 1. The largest absolute Gasteiger partial charge is 0.391 e. The van der Waals surface area contributed by atoms with E-state index in [0.717, 1.165) is 37.4 Å². The second-order valence-electron chi connectivity index (χ2n) is 5.78. The molecule has 1 aromatic rings. The Balaban J connectivity index is 2.11. The average molecular weight is 278 g/mol. The van der Waals surface area contributed by atoms with Crippen LogP contribution >= 0.6 is 0 Å². The summed E-state index contributed by atoms with van der Waals surface area (Å²) in [6.45, 7) is 4.73. The van der Waals surface area contributed by atoms with Gasteiger partial charge in [0.15, 0.2) is 0 Å². The smallest absolute Gasteiger partial charge is 0.127 e. The number of nitrogens with one attached hydrogen (secondary N) is 1. The minimum absolute atomic E-state index is 0.236. The Bertz CT molecular complexity index is 424. The van der Waals surface area contributed by atoms with Crippen molar-refractivity contribution in [2.45, 2.75) is 31.9 Å². The second kappa shape index (κ2) is 6.90. The van der Waals surface area contributed by atoms with E-state index in [2.05, 4.69) is 47.2 Å². The number of pyridine rings is 1. The first-order chi connectivity index (χ1) is 9.60. The highest BCUT2D eigenvalue weighted by atomic mass is 16.3. The summed E-state index contributed by atoms with van der Waals surface area (Å²) in [4.78, 5) is 8.81. The zero-order chi connectivity index (χ0) is 14.5. The molecule has 2 rings (SSSR count). The van der Waals surface area contributed by atoms with Gasteiger partial charge in [0.25, 0.3) is 0 Å². The van der Waals surface area contributed by atoms with Gasteiger partial charge in [0.2, 0.25) is 0 Å². The average Bonchev–Trinajstić information content (AvgIpc) is 2.76. The standard InChI is InChI=1S/C15H26N4O/c1-4-6-16-15-9-12(5-7-17-15)19-11-14(20)8-13(19)10-18(2)3/h5,7,9,13-14,20H,4,6,8,10-11H2,1-3H3,(H,16,17). The Morgan fingerprint density at radius 2 is 2.30 bits per heavy atom. The number of aromatic nitrogens is 1. The maximum Gasteiger partial charge on any atom is 0.127 e. The molecule has 0 saturated carbocycles. The molecule has 5 heteroatoms.